The molecule has 1 amide bonds. The number of carbonyl (C=O) groups excluding carboxylic acids is 1. The Morgan fingerprint density at radius 2 is 2.35 bits per heavy atom. The van der Waals surface area contributed by atoms with E-state index in [0.29, 0.717) is 18.9 Å². The maximum absolute atomic E-state index is 12.1. The van der Waals surface area contributed by atoms with Gasteiger partial charge in [-0.05, 0) is 40.2 Å². The highest BCUT2D eigenvalue weighted by Gasteiger charge is 2.29. The van der Waals surface area contributed by atoms with Crippen molar-refractivity contribution >= 4 is 11.7 Å². The summed E-state index contributed by atoms with van der Waals surface area (Å²) in [5.41, 5.74) is -0.682. The van der Waals surface area contributed by atoms with E-state index in [4.69, 9.17) is 0 Å². The van der Waals surface area contributed by atoms with Crippen LogP contribution in [0.2, 0.25) is 0 Å². The molecule has 112 valence electrons. The van der Waals surface area contributed by atoms with E-state index < -0.39 is 5.60 Å². The highest BCUT2D eigenvalue weighted by atomic mass is 16.3. The van der Waals surface area contributed by atoms with E-state index in [1.54, 1.807) is 16.9 Å². The van der Waals surface area contributed by atoms with Crippen LogP contribution in [0.15, 0.2) is 12.3 Å². The van der Waals surface area contributed by atoms with Gasteiger partial charge in [0.25, 0.3) is 0 Å². The summed E-state index contributed by atoms with van der Waals surface area (Å²) >= 11 is 0. The Balaban J connectivity index is 1.91. The maximum Gasteiger partial charge on any atom is 0.239 e. The smallest absolute Gasteiger partial charge is 0.239 e. The number of β-amino-alcohol motifs (C(OH)–C–C–N with tert-alkyl or cyclic N) is 1. The summed E-state index contributed by atoms with van der Waals surface area (Å²) in [5, 5.41) is 17.1. The zero-order valence-electron chi connectivity index (χ0n) is 12.5. The molecular weight excluding hydrogens is 256 g/mol. The molecule has 1 atom stereocenters. The lowest BCUT2D eigenvalue weighted by atomic mass is 9.95. The van der Waals surface area contributed by atoms with E-state index in [9.17, 15) is 9.90 Å². The third-order valence-electron chi connectivity index (χ3n) is 3.55. The SMILES string of the molecule is CC(C)n1nccc1NC(=O)CN1CCCC(C)(O)C1. The van der Waals surface area contributed by atoms with Crippen LogP contribution >= 0.6 is 0 Å². The van der Waals surface area contributed by atoms with Crippen LogP contribution in [0.5, 0.6) is 0 Å². The van der Waals surface area contributed by atoms with E-state index >= 15 is 0 Å². The van der Waals surface area contributed by atoms with Gasteiger partial charge in [0.05, 0.1) is 18.3 Å². The van der Waals surface area contributed by atoms with Crippen LogP contribution in [0, 0.1) is 0 Å². The number of aromatic nitrogens is 2. The molecular formula is C14H24N4O2. The number of likely N-dealkylation sites (tertiary alicyclic amines) is 1. The molecule has 1 aromatic rings. The van der Waals surface area contributed by atoms with E-state index in [0.717, 1.165) is 19.4 Å². The fraction of sp³-hybridized carbons (Fsp3) is 0.714. The van der Waals surface area contributed by atoms with Gasteiger partial charge in [0.1, 0.15) is 5.82 Å². The molecule has 20 heavy (non-hydrogen) atoms. The van der Waals surface area contributed by atoms with Crippen molar-refractivity contribution in [3.05, 3.63) is 12.3 Å². The molecule has 0 radical (unpaired) electrons. The minimum atomic E-state index is -0.682. The Morgan fingerprint density at radius 3 is 3.00 bits per heavy atom. The quantitative estimate of drug-likeness (QED) is 0.871. The van der Waals surface area contributed by atoms with Crippen molar-refractivity contribution in [2.24, 2.45) is 0 Å². The lowest BCUT2D eigenvalue weighted by Gasteiger charge is -2.36. The van der Waals surface area contributed by atoms with Crippen molar-refractivity contribution in [2.45, 2.75) is 45.3 Å². The molecule has 1 aliphatic heterocycles. The molecule has 1 unspecified atom stereocenters. The third kappa shape index (κ3) is 3.80. The predicted octanol–water partition coefficient (Wildman–Crippen LogP) is 1.25. The molecule has 1 fully saturated rings. The second kappa shape index (κ2) is 5.93. The molecule has 0 spiro atoms. The summed E-state index contributed by atoms with van der Waals surface area (Å²) < 4.78 is 1.78. The Hall–Kier alpha value is -1.40. The molecule has 0 bridgehead atoms. The van der Waals surface area contributed by atoms with E-state index in [1.165, 1.54) is 0 Å². The number of nitrogens with zero attached hydrogens (tertiary/aromatic N) is 3. The predicted molar refractivity (Wildman–Crippen MR) is 77.5 cm³/mol. The average molecular weight is 280 g/mol. The largest absolute Gasteiger partial charge is 0.389 e. The van der Waals surface area contributed by atoms with E-state index in [2.05, 4.69) is 10.4 Å². The molecule has 1 saturated heterocycles. The molecule has 2 rings (SSSR count). The molecule has 2 N–H and O–H groups in total. The topological polar surface area (TPSA) is 70.4 Å². The highest BCUT2D eigenvalue weighted by molar-refractivity contribution is 5.91. The number of rotatable bonds is 4. The highest BCUT2D eigenvalue weighted by Crippen LogP contribution is 2.20. The summed E-state index contributed by atoms with van der Waals surface area (Å²) in [5.74, 6) is 0.652. The standard InChI is InChI=1S/C14H24N4O2/c1-11(2)18-12(5-7-15-18)16-13(19)9-17-8-4-6-14(3,20)10-17/h5,7,11,20H,4,6,8-10H2,1-3H3,(H,16,19). The number of anilines is 1. The molecule has 0 aromatic carbocycles. The lowest BCUT2D eigenvalue weighted by Crippen LogP contribution is -2.48. The van der Waals surface area contributed by atoms with E-state index in [-0.39, 0.29) is 11.9 Å². The molecule has 0 saturated carbocycles. The summed E-state index contributed by atoms with van der Waals surface area (Å²) in [4.78, 5) is 14.1. The number of amides is 1. The Bertz CT molecular complexity index is 467. The Kier molecular flexibility index (Phi) is 4.45. The van der Waals surface area contributed by atoms with Crippen molar-refractivity contribution in [3.8, 4) is 0 Å². The van der Waals surface area contributed by atoms with Crippen LogP contribution in [0.3, 0.4) is 0 Å². The number of hydrogen-bond donors (Lipinski definition) is 2. The molecule has 2 heterocycles. The number of nitrogens with one attached hydrogen (secondary N) is 1. The summed E-state index contributed by atoms with van der Waals surface area (Å²) in [6, 6.07) is 2.00. The van der Waals surface area contributed by atoms with Gasteiger partial charge in [0.15, 0.2) is 0 Å². The minimum Gasteiger partial charge on any atom is -0.389 e. The number of carbonyl (C=O) groups is 1. The minimum absolute atomic E-state index is 0.0647. The van der Waals surface area contributed by atoms with Crippen LogP contribution in [-0.4, -0.2) is 50.9 Å². The normalized spacial score (nSPS) is 24.1. The lowest BCUT2D eigenvalue weighted by molar-refractivity contribution is -0.118. The van der Waals surface area contributed by atoms with Gasteiger partial charge in [-0.3, -0.25) is 9.69 Å². The maximum atomic E-state index is 12.1. The van der Waals surface area contributed by atoms with Crippen LogP contribution in [-0.2, 0) is 4.79 Å². The first-order chi connectivity index (χ1) is 9.37. The monoisotopic (exact) mass is 280 g/mol. The zero-order valence-corrected chi connectivity index (χ0v) is 12.5. The summed E-state index contributed by atoms with van der Waals surface area (Å²) in [6.07, 6.45) is 3.40. The molecule has 1 aromatic heterocycles. The van der Waals surface area contributed by atoms with Crippen LogP contribution < -0.4 is 5.32 Å². The first-order valence-corrected chi connectivity index (χ1v) is 7.15. The first kappa shape index (κ1) is 15.0. The van der Waals surface area contributed by atoms with Gasteiger partial charge in [-0.25, -0.2) is 4.68 Å². The Labute approximate surface area is 119 Å². The summed E-state index contributed by atoms with van der Waals surface area (Å²) in [6.45, 7) is 7.57. The number of piperidine rings is 1. The van der Waals surface area contributed by atoms with Crippen molar-refractivity contribution in [3.63, 3.8) is 0 Å². The molecule has 1 aliphatic rings. The fourth-order valence-electron chi connectivity index (χ4n) is 2.67. The Morgan fingerprint density at radius 1 is 1.60 bits per heavy atom. The van der Waals surface area contributed by atoms with E-state index in [1.807, 2.05) is 25.7 Å². The van der Waals surface area contributed by atoms with Gasteiger partial charge in [0, 0.05) is 18.7 Å². The molecule has 6 heteroatoms. The first-order valence-electron chi connectivity index (χ1n) is 7.15. The molecule has 6 nitrogen and oxygen atoms in total. The van der Waals surface area contributed by atoms with Crippen molar-refractivity contribution in [2.75, 3.05) is 25.0 Å². The van der Waals surface area contributed by atoms with Crippen LogP contribution in [0.1, 0.15) is 39.7 Å². The van der Waals surface area contributed by atoms with Gasteiger partial charge in [0.2, 0.25) is 5.91 Å². The van der Waals surface area contributed by atoms with Crippen molar-refractivity contribution < 1.29 is 9.90 Å². The van der Waals surface area contributed by atoms with Gasteiger partial charge < -0.3 is 10.4 Å². The second-order valence-corrected chi connectivity index (χ2v) is 6.11. The fourth-order valence-corrected chi connectivity index (χ4v) is 2.67. The second-order valence-electron chi connectivity index (χ2n) is 6.11. The van der Waals surface area contributed by atoms with Crippen LogP contribution in [0.25, 0.3) is 0 Å². The van der Waals surface area contributed by atoms with Gasteiger partial charge in [-0.2, -0.15) is 5.10 Å². The van der Waals surface area contributed by atoms with Gasteiger partial charge >= 0.3 is 0 Å². The van der Waals surface area contributed by atoms with Crippen molar-refractivity contribution in [1.29, 1.82) is 0 Å². The van der Waals surface area contributed by atoms with Gasteiger partial charge in [-0.15, -0.1) is 0 Å². The average Bonchev–Trinajstić information content (AvgIpc) is 2.75. The zero-order chi connectivity index (χ0) is 14.8. The third-order valence-corrected chi connectivity index (χ3v) is 3.55. The van der Waals surface area contributed by atoms with Crippen molar-refractivity contribution in [1.82, 2.24) is 14.7 Å². The number of aliphatic hydroxyl groups is 1. The van der Waals surface area contributed by atoms with Crippen LogP contribution in [0.4, 0.5) is 5.82 Å². The summed E-state index contributed by atoms with van der Waals surface area (Å²) in [7, 11) is 0. The molecule has 0 aliphatic carbocycles. The van der Waals surface area contributed by atoms with Gasteiger partial charge in [-0.1, -0.05) is 0 Å². The number of hydrogen-bond acceptors (Lipinski definition) is 4.